The van der Waals surface area contributed by atoms with Crippen LogP contribution in [0.2, 0.25) is 0 Å². The second-order valence-electron chi connectivity index (χ2n) is 7.53. The number of aryl methyl sites for hydroxylation is 1. The van der Waals surface area contributed by atoms with E-state index < -0.39 is 0 Å². The maximum absolute atomic E-state index is 4.39. The Hall–Kier alpha value is -1.93. The molecule has 0 unspecified atom stereocenters. The van der Waals surface area contributed by atoms with Gasteiger partial charge in [-0.3, -0.25) is 9.89 Å². The first-order valence-electron chi connectivity index (χ1n) is 10.1. The first-order chi connectivity index (χ1) is 13.7. The lowest BCUT2D eigenvalue weighted by atomic mass is 10.0. The van der Waals surface area contributed by atoms with E-state index in [1.165, 1.54) is 12.0 Å². The van der Waals surface area contributed by atoms with Gasteiger partial charge in [0.2, 0.25) is 0 Å². The minimum atomic E-state index is 0.455. The van der Waals surface area contributed by atoms with Crippen molar-refractivity contribution in [2.45, 2.75) is 51.4 Å². The molecular weight excluding hydrogens is 418 g/mol. The summed E-state index contributed by atoms with van der Waals surface area (Å²) in [6.45, 7) is 4.91. The first kappa shape index (κ1) is 19.4. The van der Waals surface area contributed by atoms with Crippen LogP contribution in [0, 0.1) is 0 Å². The average molecular weight is 446 g/mol. The Balaban J connectivity index is 1.22. The predicted molar refractivity (Wildman–Crippen MR) is 114 cm³/mol. The maximum Gasteiger partial charge on any atom is 0.191 e. The molecule has 28 heavy (non-hydrogen) atoms. The molecule has 150 valence electrons. The van der Waals surface area contributed by atoms with Gasteiger partial charge in [0.25, 0.3) is 0 Å². The van der Waals surface area contributed by atoms with Crippen LogP contribution in [0.5, 0.6) is 0 Å². The molecule has 2 aromatic rings. The van der Waals surface area contributed by atoms with Gasteiger partial charge in [-0.25, -0.2) is 0 Å². The fourth-order valence-electron chi connectivity index (χ4n) is 3.98. The zero-order valence-electron chi connectivity index (χ0n) is 16.4. The fraction of sp³-hybridized carbons (Fsp3) is 0.550. The molecule has 0 amide bonds. The number of nitrogens with one attached hydrogen (secondary N) is 2. The van der Waals surface area contributed by atoms with E-state index in [1.54, 1.807) is 0 Å². The van der Waals surface area contributed by atoms with Crippen LogP contribution in [0.15, 0.2) is 33.7 Å². The molecule has 0 bridgehead atoms. The summed E-state index contributed by atoms with van der Waals surface area (Å²) in [4.78, 5) is 6.91. The minimum absolute atomic E-state index is 0.455. The van der Waals surface area contributed by atoms with Crippen molar-refractivity contribution >= 4 is 21.9 Å². The highest BCUT2D eigenvalue weighted by atomic mass is 79.9. The van der Waals surface area contributed by atoms with Crippen LogP contribution in [0.1, 0.15) is 36.5 Å². The van der Waals surface area contributed by atoms with E-state index in [2.05, 4.69) is 75.5 Å². The van der Waals surface area contributed by atoms with Crippen molar-refractivity contribution in [3.63, 3.8) is 0 Å². The Morgan fingerprint density at radius 3 is 2.71 bits per heavy atom. The summed E-state index contributed by atoms with van der Waals surface area (Å²) in [5.41, 5.74) is 1.37. The molecule has 2 aliphatic heterocycles. The zero-order chi connectivity index (χ0) is 19.3. The molecule has 1 saturated heterocycles. The van der Waals surface area contributed by atoms with E-state index >= 15 is 0 Å². The van der Waals surface area contributed by atoms with E-state index in [9.17, 15) is 0 Å². The Bertz CT molecular complexity index is 806. The highest BCUT2D eigenvalue weighted by Crippen LogP contribution is 2.16. The normalized spacial score (nSPS) is 18.3. The van der Waals surface area contributed by atoms with E-state index in [-0.39, 0.29) is 0 Å². The van der Waals surface area contributed by atoms with Gasteiger partial charge in [0.05, 0.1) is 6.54 Å². The molecule has 2 N–H and O–H groups in total. The number of aromatic nitrogens is 3. The summed E-state index contributed by atoms with van der Waals surface area (Å²) in [5, 5.41) is 15.6. The van der Waals surface area contributed by atoms with Crippen LogP contribution in [-0.4, -0.2) is 51.8 Å². The van der Waals surface area contributed by atoms with Crippen molar-refractivity contribution in [3.8, 4) is 0 Å². The smallest absolute Gasteiger partial charge is 0.191 e. The molecule has 0 spiro atoms. The molecule has 8 heteroatoms. The van der Waals surface area contributed by atoms with E-state index in [4.69, 9.17) is 0 Å². The van der Waals surface area contributed by atoms with Gasteiger partial charge in [-0.2, -0.15) is 0 Å². The van der Waals surface area contributed by atoms with Crippen LogP contribution >= 0.6 is 15.9 Å². The zero-order valence-corrected chi connectivity index (χ0v) is 18.0. The number of nitrogens with zero attached hydrogens (tertiary/aromatic N) is 5. The molecule has 1 aromatic carbocycles. The summed E-state index contributed by atoms with van der Waals surface area (Å²) >= 11 is 3.50. The summed E-state index contributed by atoms with van der Waals surface area (Å²) in [6.07, 6.45) is 4.46. The molecule has 1 aromatic heterocycles. The molecule has 0 saturated carbocycles. The van der Waals surface area contributed by atoms with Crippen molar-refractivity contribution in [3.05, 3.63) is 46.0 Å². The van der Waals surface area contributed by atoms with Crippen LogP contribution in [-0.2, 0) is 26.1 Å². The number of hydrogen-bond donors (Lipinski definition) is 2. The monoisotopic (exact) mass is 445 g/mol. The lowest BCUT2D eigenvalue weighted by Gasteiger charge is -2.33. The lowest BCUT2D eigenvalue weighted by molar-refractivity contribution is 0.198. The number of benzene rings is 1. The number of piperidine rings is 1. The lowest BCUT2D eigenvalue weighted by Crippen LogP contribution is -2.48. The summed E-state index contributed by atoms with van der Waals surface area (Å²) in [5.74, 6) is 2.96. The maximum atomic E-state index is 4.39. The number of hydrogen-bond acceptors (Lipinski definition) is 4. The van der Waals surface area contributed by atoms with Gasteiger partial charge in [-0.05, 0) is 37.0 Å². The van der Waals surface area contributed by atoms with Crippen LogP contribution in [0.25, 0.3) is 0 Å². The summed E-state index contributed by atoms with van der Waals surface area (Å²) in [6, 6.07) is 9.08. The van der Waals surface area contributed by atoms with E-state index in [1.807, 2.05) is 7.05 Å². The minimum Gasteiger partial charge on any atom is -0.354 e. The molecule has 0 atom stereocenters. The van der Waals surface area contributed by atoms with Crippen molar-refractivity contribution in [2.75, 3.05) is 20.1 Å². The quantitative estimate of drug-likeness (QED) is 0.545. The number of guanidine groups is 1. The summed E-state index contributed by atoms with van der Waals surface area (Å²) < 4.78 is 3.36. The Labute approximate surface area is 174 Å². The highest BCUT2D eigenvalue weighted by Gasteiger charge is 2.21. The molecule has 4 rings (SSSR count). The van der Waals surface area contributed by atoms with Gasteiger partial charge >= 0.3 is 0 Å². The number of halogens is 1. The van der Waals surface area contributed by atoms with Crippen LogP contribution in [0.4, 0.5) is 0 Å². The average Bonchev–Trinajstić information content (AvgIpc) is 3.33. The van der Waals surface area contributed by atoms with Gasteiger partial charge in [0, 0.05) is 50.2 Å². The second kappa shape index (κ2) is 9.05. The van der Waals surface area contributed by atoms with Crippen molar-refractivity contribution in [1.29, 1.82) is 0 Å². The third-order valence-electron chi connectivity index (χ3n) is 5.57. The molecule has 0 radical (unpaired) electrons. The topological polar surface area (TPSA) is 70.4 Å². The first-order valence-corrected chi connectivity index (χ1v) is 10.9. The highest BCUT2D eigenvalue weighted by molar-refractivity contribution is 9.10. The molecule has 0 aliphatic carbocycles. The van der Waals surface area contributed by atoms with Gasteiger partial charge in [0.15, 0.2) is 11.8 Å². The second-order valence-corrected chi connectivity index (χ2v) is 8.45. The number of aliphatic imine (C=N–C) groups is 1. The largest absolute Gasteiger partial charge is 0.354 e. The van der Waals surface area contributed by atoms with Gasteiger partial charge in [0.1, 0.15) is 5.82 Å². The predicted octanol–water partition coefficient (Wildman–Crippen LogP) is 2.32. The number of rotatable bonds is 5. The van der Waals surface area contributed by atoms with Crippen LogP contribution in [0.3, 0.4) is 0 Å². The standard InChI is InChI=1S/C20H28BrN7/c1-22-20(23-13-19-26-25-18-3-2-10-28(18)19)24-17-8-11-27(12-9-17)14-15-4-6-16(21)7-5-15/h4-7,17H,2-3,8-14H2,1H3,(H2,22,23,24). The molecule has 2 aliphatic rings. The van der Waals surface area contributed by atoms with Gasteiger partial charge in [-0.15, -0.1) is 10.2 Å². The Morgan fingerprint density at radius 1 is 1.18 bits per heavy atom. The number of likely N-dealkylation sites (tertiary alicyclic amines) is 1. The van der Waals surface area contributed by atoms with Crippen LogP contribution < -0.4 is 10.6 Å². The molecule has 7 nitrogen and oxygen atoms in total. The van der Waals surface area contributed by atoms with E-state index in [0.717, 1.165) is 67.5 Å². The SMILES string of the molecule is CN=C(NCc1nnc2n1CCC2)NC1CCN(Cc2ccc(Br)cc2)CC1. The molecular formula is C20H28BrN7. The van der Waals surface area contributed by atoms with Gasteiger partial charge in [-0.1, -0.05) is 28.1 Å². The van der Waals surface area contributed by atoms with Gasteiger partial charge < -0.3 is 15.2 Å². The van der Waals surface area contributed by atoms with Crippen molar-refractivity contribution < 1.29 is 0 Å². The van der Waals surface area contributed by atoms with Crippen molar-refractivity contribution in [1.82, 2.24) is 30.3 Å². The molecule has 3 heterocycles. The van der Waals surface area contributed by atoms with Crippen molar-refractivity contribution in [2.24, 2.45) is 4.99 Å². The summed E-state index contributed by atoms with van der Waals surface area (Å²) in [7, 11) is 1.83. The van der Waals surface area contributed by atoms with E-state index in [0.29, 0.717) is 12.6 Å². The number of fused-ring (bicyclic) bond motifs is 1. The Morgan fingerprint density at radius 2 is 1.96 bits per heavy atom. The Kier molecular flexibility index (Phi) is 6.26. The third-order valence-corrected chi connectivity index (χ3v) is 6.10. The fourth-order valence-corrected chi connectivity index (χ4v) is 4.24. The third kappa shape index (κ3) is 4.72. The molecule has 1 fully saturated rings.